The molecule has 6 heteroatoms. The number of hydrazine groups is 1. The highest BCUT2D eigenvalue weighted by Gasteiger charge is 2.15. The molecule has 0 aromatic carbocycles. The smallest absolute Gasteiger partial charge is 0.0771 e. The summed E-state index contributed by atoms with van der Waals surface area (Å²) in [5.74, 6) is 5.57. The minimum atomic E-state index is -0.0611. The molecule has 0 saturated carbocycles. The van der Waals surface area contributed by atoms with Crippen LogP contribution in [0.5, 0.6) is 0 Å². The van der Waals surface area contributed by atoms with Gasteiger partial charge < -0.3 is 0 Å². The zero-order valence-electron chi connectivity index (χ0n) is 9.46. The molecule has 0 aliphatic carbocycles. The van der Waals surface area contributed by atoms with Crippen LogP contribution < -0.4 is 11.3 Å². The lowest BCUT2D eigenvalue weighted by atomic mass is 10.1. The third kappa shape index (κ3) is 1.98. The molecular formula is C10H16N6. The minimum absolute atomic E-state index is 0.0611. The SMILES string of the molecule is CCn1cc(C(NN)c2cnn(C)c2)cn1. The lowest BCUT2D eigenvalue weighted by Crippen LogP contribution is -2.28. The number of aromatic nitrogens is 4. The number of nitrogens with two attached hydrogens (primary N) is 1. The molecule has 0 aliphatic heterocycles. The van der Waals surface area contributed by atoms with Gasteiger partial charge in [-0.3, -0.25) is 15.2 Å². The van der Waals surface area contributed by atoms with Gasteiger partial charge in [0, 0.05) is 37.1 Å². The zero-order chi connectivity index (χ0) is 11.5. The van der Waals surface area contributed by atoms with E-state index in [9.17, 15) is 0 Å². The van der Waals surface area contributed by atoms with Crippen LogP contribution in [0.4, 0.5) is 0 Å². The summed E-state index contributed by atoms with van der Waals surface area (Å²) in [6.45, 7) is 2.90. The molecule has 0 aliphatic rings. The maximum Gasteiger partial charge on any atom is 0.0771 e. The average molecular weight is 220 g/mol. The van der Waals surface area contributed by atoms with Crippen molar-refractivity contribution in [3.8, 4) is 0 Å². The van der Waals surface area contributed by atoms with Gasteiger partial charge in [0.2, 0.25) is 0 Å². The van der Waals surface area contributed by atoms with E-state index in [0.29, 0.717) is 0 Å². The summed E-state index contributed by atoms with van der Waals surface area (Å²) in [6.07, 6.45) is 7.54. The Morgan fingerprint density at radius 3 is 2.50 bits per heavy atom. The largest absolute Gasteiger partial charge is 0.275 e. The van der Waals surface area contributed by atoms with E-state index >= 15 is 0 Å². The lowest BCUT2D eigenvalue weighted by Gasteiger charge is -2.11. The Bertz CT molecular complexity index is 457. The maximum atomic E-state index is 5.57. The number of hydrogen-bond acceptors (Lipinski definition) is 4. The first kappa shape index (κ1) is 10.8. The standard InChI is InChI=1S/C10H16N6/c1-3-16-7-9(5-13-16)10(14-11)8-4-12-15(2)6-8/h4-7,10,14H,3,11H2,1-2H3. The Morgan fingerprint density at radius 1 is 1.31 bits per heavy atom. The molecule has 0 fully saturated rings. The van der Waals surface area contributed by atoms with E-state index in [1.165, 1.54) is 0 Å². The van der Waals surface area contributed by atoms with E-state index in [4.69, 9.17) is 5.84 Å². The third-order valence-corrected chi connectivity index (χ3v) is 2.54. The molecule has 0 saturated heterocycles. The highest BCUT2D eigenvalue weighted by atomic mass is 15.3. The van der Waals surface area contributed by atoms with Crippen molar-refractivity contribution < 1.29 is 0 Å². The Labute approximate surface area is 94.0 Å². The predicted octanol–water partition coefficient (Wildman–Crippen LogP) is 0.189. The average Bonchev–Trinajstić information content (AvgIpc) is 2.89. The summed E-state index contributed by atoms with van der Waals surface area (Å²) in [6, 6.07) is -0.0611. The second kappa shape index (κ2) is 4.46. The van der Waals surface area contributed by atoms with Gasteiger partial charge in [0.25, 0.3) is 0 Å². The number of hydrogen-bond donors (Lipinski definition) is 2. The molecule has 0 spiro atoms. The van der Waals surface area contributed by atoms with Gasteiger partial charge in [-0.25, -0.2) is 5.43 Å². The van der Waals surface area contributed by atoms with Crippen molar-refractivity contribution in [2.45, 2.75) is 19.5 Å². The number of rotatable bonds is 4. The van der Waals surface area contributed by atoms with Crippen molar-refractivity contribution in [2.24, 2.45) is 12.9 Å². The Kier molecular flexibility index (Phi) is 3.02. The van der Waals surface area contributed by atoms with Gasteiger partial charge in [0.05, 0.1) is 18.4 Å². The molecule has 0 bridgehead atoms. The van der Waals surface area contributed by atoms with Crippen molar-refractivity contribution in [2.75, 3.05) is 0 Å². The van der Waals surface area contributed by atoms with E-state index in [-0.39, 0.29) is 6.04 Å². The van der Waals surface area contributed by atoms with Gasteiger partial charge in [-0.15, -0.1) is 0 Å². The second-order valence-corrected chi connectivity index (χ2v) is 3.68. The van der Waals surface area contributed by atoms with Crippen molar-refractivity contribution in [1.29, 1.82) is 0 Å². The summed E-state index contributed by atoms with van der Waals surface area (Å²) in [4.78, 5) is 0. The molecule has 16 heavy (non-hydrogen) atoms. The van der Waals surface area contributed by atoms with Crippen LogP contribution in [0.2, 0.25) is 0 Å². The van der Waals surface area contributed by atoms with Crippen LogP contribution in [0.25, 0.3) is 0 Å². The predicted molar refractivity (Wildman–Crippen MR) is 60.3 cm³/mol. The van der Waals surface area contributed by atoms with E-state index in [1.54, 1.807) is 10.9 Å². The first-order valence-corrected chi connectivity index (χ1v) is 5.21. The summed E-state index contributed by atoms with van der Waals surface area (Å²) >= 11 is 0. The molecule has 2 heterocycles. The quantitative estimate of drug-likeness (QED) is 0.570. The van der Waals surface area contributed by atoms with Crippen molar-refractivity contribution in [1.82, 2.24) is 25.0 Å². The van der Waals surface area contributed by atoms with Crippen LogP contribution in [-0.2, 0) is 13.6 Å². The summed E-state index contributed by atoms with van der Waals surface area (Å²) in [5, 5.41) is 8.36. The first-order valence-electron chi connectivity index (χ1n) is 5.21. The maximum absolute atomic E-state index is 5.57. The number of nitrogens with one attached hydrogen (secondary N) is 1. The van der Waals surface area contributed by atoms with Crippen LogP contribution >= 0.6 is 0 Å². The molecule has 2 aromatic heterocycles. The molecule has 1 unspecified atom stereocenters. The van der Waals surface area contributed by atoms with E-state index in [2.05, 4.69) is 15.6 Å². The molecule has 2 rings (SSSR count). The van der Waals surface area contributed by atoms with Gasteiger partial charge in [0.1, 0.15) is 0 Å². The van der Waals surface area contributed by atoms with Crippen LogP contribution in [0.15, 0.2) is 24.8 Å². The molecule has 1 atom stereocenters. The normalized spacial score (nSPS) is 12.9. The number of nitrogens with zero attached hydrogens (tertiary/aromatic N) is 4. The lowest BCUT2D eigenvalue weighted by molar-refractivity contribution is 0.629. The molecule has 2 aromatic rings. The molecule has 3 N–H and O–H groups in total. The third-order valence-electron chi connectivity index (χ3n) is 2.54. The highest BCUT2D eigenvalue weighted by molar-refractivity contribution is 5.25. The van der Waals surface area contributed by atoms with Gasteiger partial charge >= 0.3 is 0 Å². The second-order valence-electron chi connectivity index (χ2n) is 3.68. The number of aryl methyl sites for hydroxylation is 2. The van der Waals surface area contributed by atoms with E-state index in [1.807, 2.05) is 37.2 Å². The van der Waals surface area contributed by atoms with E-state index < -0.39 is 0 Å². The van der Waals surface area contributed by atoms with Crippen LogP contribution in [-0.4, -0.2) is 19.6 Å². The minimum Gasteiger partial charge on any atom is -0.275 e. The molecule has 6 nitrogen and oxygen atoms in total. The monoisotopic (exact) mass is 220 g/mol. The molecular weight excluding hydrogens is 204 g/mol. The summed E-state index contributed by atoms with van der Waals surface area (Å²) < 4.78 is 3.62. The molecule has 0 radical (unpaired) electrons. The van der Waals surface area contributed by atoms with Gasteiger partial charge in [-0.05, 0) is 6.92 Å². The fraction of sp³-hybridized carbons (Fsp3) is 0.400. The van der Waals surface area contributed by atoms with Gasteiger partial charge in [0.15, 0.2) is 0 Å². The Hall–Kier alpha value is -1.66. The fourth-order valence-corrected chi connectivity index (χ4v) is 1.68. The van der Waals surface area contributed by atoms with Crippen LogP contribution in [0, 0.1) is 0 Å². The van der Waals surface area contributed by atoms with Crippen molar-refractivity contribution in [3.63, 3.8) is 0 Å². The van der Waals surface area contributed by atoms with Gasteiger partial charge in [-0.2, -0.15) is 10.2 Å². The Balaban J connectivity index is 2.28. The van der Waals surface area contributed by atoms with E-state index in [0.717, 1.165) is 17.7 Å². The molecule has 86 valence electrons. The summed E-state index contributed by atoms with van der Waals surface area (Å²) in [7, 11) is 1.88. The summed E-state index contributed by atoms with van der Waals surface area (Å²) in [5.41, 5.74) is 4.85. The zero-order valence-corrected chi connectivity index (χ0v) is 9.46. The fourth-order valence-electron chi connectivity index (χ4n) is 1.68. The van der Waals surface area contributed by atoms with Crippen LogP contribution in [0.1, 0.15) is 24.1 Å². The topological polar surface area (TPSA) is 73.7 Å². The molecule has 0 amide bonds. The van der Waals surface area contributed by atoms with Gasteiger partial charge in [-0.1, -0.05) is 0 Å². The van der Waals surface area contributed by atoms with Crippen molar-refractivity contribution in [3.05, 3.63) is 35.9 Å². The Morgan fingerprint density at radius 2 is 2.00 bits per heavy atom. The highest BCUT2D eigenvalue weighted by Crippen LogP contribution is 2.19. The van der Waals surface area contributed by atoms with Crippen LogP contribution in [0.3, 0.4) is 0 Å². The first-order chi connectivity index (χ1) is 7.74. The van der Waals surface area contributed by atoms with Crippen molar-refractivity contribution >= 4 is 0 Å².